The fraction of sp³-hybridized carbons (Fsp3) is 0.667. The second kappa shape index (κ2) is 7.87. The molecule has 0 radical (unpaired) electrons. The minimum atomic E-state index is -0.428. The lowest BCUT2D eigenvalue weighted by Crippen LogP contribution is -2.39. The molecule has 27 heavy (non-hydrogen) atoms. The molecule has 1 fully saturated rings. The van der Waals surface area contributed by atoms with Gasteiger partial charge in [0.15, 0.2) is 5.78 Å². The average Bonchev–Trinajstić information content (AvgIpc) is 3.32. The summed E-state index contributed by atoms with van der Waals surface area (Å²) >= 11 is 0. The van der Waals surface area contributed by atoms with Gasteiger partial charge in [0, 0.05) is 30.8 Å². The predicted octanol–water partition coefficient (Wildman–Crippen LogP) is 3.43. The van der Waals surface area contributed by atoms with Gasteiger partial charge in [-0.3, -0.25) is 9.59 Å². The molecule has 0 N–H and O–H groups in total. The molecule has 0 spiro atoms. The zero-order chi connectivity index (χ0) is 20.5. The summed E-state index contributed by atoms with van der Waals surface area (Å²) in [6.45, 7) is 11.8. The van der Waals surface area contributed by atoms with Crippen LogP contribution in [0.1, 0.15) is 79.1 Å². The zero-order valence-corrected chi connectivity index (χ0v) is 17.6. The first-order valence-electron chi connectivity index (χ1n) is 9.63. The number of Topliss-reactive ketones (excluding diaryl/α,β-unsaturated/α-hetero) is 1. The van der Waals surface area contributed by atoms with Crippen LogP contribution < -0.4 is 0 Å². The number of aromatic nitrogens is 1. The first-order valence-corrected chi connectivity index (χ1v) is 9.63. The molecule has 2 rings (SSSR count). The van der Waals surface area contributed by atoms with Crippen molar-refractivity contribution in [3.63, 3.8) is 0 Å². The van der Waals surface area contributed by atoms with Gasteiger partial charge in [0.05, 0.1) is 13.2 Å². The molecule has 0 atom stereocenters. The summed E-state index contributed by atoms with van der Waals surface area (Å²) < 4.78 is 6.83. The van der Waals surface area contributed by atoms with E-state index in [1.807, 2.05) is 27.7 Å². The number of carbonyl (C=O) groups excluding carboxylic acids is 3. The Labute approximate surface area is 161 Å². The number of esters is 1. The predicted molar refractivity (Wildman–Crippen MR) is 104 cm³/mol. The highest BCUT2D eigenvalue weighted by Gasteiger charge is 2.36. The Morgan fingerprint density at radius 2 is 1.78 bits per heavy atom. The van der Waals surface area contributed by atoms with Gasteiger partial charge in [-0.1, -0.05) is 20.8 Å². The number of hydrogen-bond donors (Lipinski definition) is 0. The van der Waals surface area contributed by atoms with Crippen molar-refractivity contribution in [1.29, 1.82) is 0 Å². The smallest absolute Gasteiger partial charge is 0.355 e. The maximum absolute atomic E-state index is 13.1. The van der Waals surface area contributed by atoms with E-state index in [9.17, 15) is 14.4 Å². The Balaban J connectivity index is 2.27. The van der Waals surface area contributed by atoms with Crippen LogP contribution in [0.2, 0.25) is 0 Å². The van der Waals surface area contributed by atoms with Crippen LogP contribution in [-0.2, 0) is 16.6 Å². The topological polar surface area (TPSA) is 68.6 Å². The number of ketones is 1. The van der Waals surface area contributed by atoms with E-state index in [2.05, 4.69) is 0 Å². The van der Waals surface area contributed by atoms with Crippen molar-refractivity contribution >= 4 is 17.7 Å². The highest BCUT2D eigenvalue weighted by Crippen LogP contribution is 2.31. The van der Waals surface area contributed by atoms with Crippen molar-refractivity contribution in [2.24, 2.45) is 12.5 Å². The minimum Gasteiger partial charge on any atom is -0.461 e. The molecule has 1 amide bonds. The summed E-state index contributed by atoms with van der Waals surface area (Å²) in [5.74, 6) is -0.525. The van der Waals surface area contributed by atoms with Gasteiger partial charge < -0.3 is 14.2 Å². The lowest BCUT2D eigenvalue weighted by Gasteiger charge is -2.26. The molecule has 1 saturated carbocycles. The third-order valence-corrected chi connectivity index (χ3v) is 4.98. The van der Waals surface area contributed by atoms with E-state index in [0.29, 0.717) is 23.2 Å². The molecule has 1 aliphatic carbocycles. The van der Waals surface area contributed by atoms with E-state index in [0.717, 1.165) is 18.5 Å². The molecule has 1 aliphatic rings. The molecule has 150 valence electrons. The van der Waals surface area contributed by atoms with Crippen molar-refractivity contribution in [1.82, 2.24) is 9.47 Å². The van der Waals surface area contributed by atoms with Gasteiger partial charge in [-0.05, 0) is 44.6 Å². The van der Waals surface area contributed by atoms with Crippen LogP contribution in [0.3, 0.4) is 0 Å². The van der Waals surface area contributed by atoms with Crippen molar-refractivity contribution < 1.29 is 19.1 Å². The summed E-state index contributed by atoms with van der Waals surface area (Å²) in [4.78, 5) is 39.8. The molecule has 1 aromatic heterocycles. The molecule has 0 bridgehead atoms. The van der Waals surface area contributed by atoms with Crippen LogP contribution in [0.5, 0.6) is 0 Å². The molecular weight excluding hydrogens is 344 g/mol. The van der Waals surface area contributed by atoms with Crippen LogP contribution in [0.4, 0.5) is 0 Å². The van der Waals surface area contributed by atoms with Gasteiger partial charge in [-0.15, -0.1) is 0 Å². The van der Waals surface area contributed by atoms with Crippen LogP contribution in [0.15, 0.2) is 0 Å². The molecule has 6 heteroatoms. The number of ether oxygens (including phenoxy) is 1. The fourth-order valence-corrected chi connectivity index (χ4v) is 3.47. The van der Waals surface area contributed by atoms with Gasteiger partial charge in [-0.2, -0.15) is 0 Å². The third kappa shape index (κ3) is 4.79. The monoisotopic (exact) mass is 376 g/mol. The Hall–Kier alpha value is -2.11. The zero-order valence-electron chi connectivity index (χ0n) is 17.6. The lowest BCUT2D eigenvalue weighted by molar-refractivity contribution is -0.133. The Morgan fingerprint density at radius 1 is 1.19 bits per heavy atom. The van der Waals surface area contributed by atoms with E-state index in [4.69, 9.17) is 4.74 Å². The maximum atomic E-state index is 13.1. The van der Waals surface area contributed by atoms with Gasteiger partial charge in [0.25, 0.3) is 0 Å². The standard InChI is InChI=1S/C21H32N2O4/c1-8-27-20(26)19-13(2)18(14(3)22(19)7)16(24)12-23(15-9-10-15)17(25)11-21(4,5)6/h15H,8-12H2,1-7H3. The highest BCUT2D eigenvalue weighted by atomic mass is 16.5. The minimum absolute atomic E-state index is 0.0233. The van der Waals surface area contributed by atoms with Crippen LogP contribution in [0.25, 0.3) is 0 Å². The Morgan fingerprint density at radius 3 is 2.26 bits per heavy atom. The Kier molecular flexibility index (Phi) is 6.17. The van der Waals surface area contributed by atoms with E-state index < -0.39 is 5.97 Å². The molecule has 1 aromatic rings. The largest absolute Gasteiger partial charge is 0.461 e. The number of rotatable bonds is 7. The summed E-state index contributed by atoms with van der Waals surface area (Å²) in [5.41, 5.74) is 2.15. The number of hydrogen-bond acceptors (Lipinski definition) is 4. The van der Waals surface area contributed by atoms with Crippen molar-refractivity contribution in [3.8, 4) is 0 Å². The molecule has 1 heterocycles. The first kappa shape index (κ1) is 21.2. The van der Waals surface area contributed by atoms with Crippen LogP contribution in [0, 0.1) is 19.3 Å². The summed E-state index contributed by atoms with van der Waals surface area (Å²) in [7, 11) is 1.76. The van der Waals surface area contributed by atoms with Gasteiger partial charge in [-0.25, -0.2) is 4.79 Å². The fourth-order valence-electron chi connectivity index (χ4n) is 3.47. The number of carbonyl (C=O) groups is 3. The van der Waals surface area contributed by atoms with Crippen molar-refractivity contribution in [2.45, 2.75) is 66.8 Å². The van der Waals surface area contributed by atoms with Crippen LogP contribution >= 0.6 is 0 Å². The van der Waals surface area contributed by atoms with E-state index in [1.165, 1.54) is 0 Å². The molecule has 0 aliphatic heterocycles. The molecule has 6 nitrogen and oxygen atoms in total. The third-order valence-electron chi connectivity index (χ3n) is 4.98. The lowest BCUT2D eigenvalue weighted by atomic mass is 9.91. The molecular formula is C21H32N2O4. The van der Waals surface area contributed by atoms with Crippen LogP contribution in [-0.4, -0.2) is 46.3 Å². The van der Waals surface area contributed by atoms with Crippen molar-refractivity contribution in [3.05, 3.63) is 22.5 Å². The second-order valence-electron chi connectivity index (χ2n) is 8.63. The number of amides is 1. The van der Waals surface area contributed by atoms with Gasteiger partial charge in [0.1, 0.15) is 5.69 Å². The molecule has 0 saturated heterocycles. The van der Waals surface area contributed by atoms with E-state index in [1.54, 1.807) is 30.4 Å². The average molecular weight is 376 g/mol. The summed E-state index contributed by atoms with van der Waals surface area (Å²) in [5, 5.41) is 0. The SMILES string of the molecule is CCOC(=O)c1c(C)c(C(=O)CN(C(=O)CC(C)(C)C)C2CC2)c(C)n1C. The molecule has 0 unspecified atom stereocenters. The van der Waals surface area contributed by atoms with Gasteiger partial charge >= 0.3 is 5.97 Å². The molecule has 0 aromatic carbocycles. The highest BCUT2D eigenvalue weighted by molar-refractivity contribution is 6.04. The second-order valence-corrected chi connectivity index (χ2v) is 8.63. The number of nitrogens with zero attached hydrogens (tertiary/aromatic N) is 2. The van der Waals surface area contributed by atoms with Crippen molar-refractivity contribution in [2.75, 3.05) is 13.2 Å². The Bertz CT molecular complexity index is 751. The first-order chi connectivity index (χ1) is 12.5. The maximum Gasteiger partial charge on any atom is 0.355 e. The van der Waals surface area contributed by atoms with E-state index >= 15 is 0 Å². The van der Waals surface area contributed by atoms with Gasteiger partial charge in [0.2, 0.25) is 5.91 Å². The van der Waals surface area contributed by atoms with E-state index in [-0.39, 0.29) is 36.3 Å². The summed E-state index contributed by atoms with van der Waals surface area (Å²) in [6.07, 6.45) is 2.31. The summed E-state index contributed by atoms with van der Waals surface area (Å²) in [6, 6.07) is 0.164. The quantitative estimate of drug-likeness (QED) is 0.540. The normalized spacial score (nSPS) is 14.2.